The summed E-state index contributed by atoms with van der Waals surface area (Å²) < 4.78 is 4.53. The largest absolute Gasteiger partial charge is 0.307 e. The van der Waals surface area contributed by atoms with Crippen LogP contribution < -0.4 is 0 Å². The number of imidazole rings is 1. The third-order valence-corrected chi connectivity index (χ3v) is 5.42. The van der Waals surface area contributed by atoms with Crippen molar-refractivity contribution in [1.82, 2.24) is 14.1 Å². The molecule has 4 aromatic carbocycles. The van der Waals surface area contributed by atoms with E-state index in [1.807, 2.05) is 12.4 Å². The lowest BCUT2D eigenvalue weighted by Gasteiger charge is -2.14. The zero-order chi connectivity index (χ0) is 18.5. The van der Waals surface area contributed by atoms with Crippen molar-refractivity contribution in [2.45, 2.75) is 0 Å². The van der Waals surface area contributed by atoms with Gasteiger partial charge < -0.3 is 4.57 Å². The molecule has 2 heterocycles. The SMILES string of the molecule is c1ccc(-n2c3ccccc3c3ccccc32)c(-n2cnc3ccccc32)c1. The van der Waals surface area contributed by atoms with Crippen molar-refractivity contribution in [3.8, 4) is 11.4 Å². The molecule has 0 radical (unpaired) electrons. The lowest BCUT2D eigenvalue weighted by atomic mass is 10.2. The molecular formula is C25H17N3. The molecule has 3 nitrogen and oxygen atoms in total. The Bertz CT molecular complexity index is 1420. The van der Waals surface area contributed by atoms with Gasteiger partial charge in [0.1, 0.15) is 6.33 Å². The van der Waals surface area contributed by atoms with Gasteiger partial charge in [-0.1, -0.05) is 60.7 Å². The molecule has 132 valence electrons. The smallest absolute Gasteiger partial charge is 0.100 e. The van der Waals surface area contributed by atoms with Gasteiger partial charge >= 0.3 is 0 Å². The van der Waals surface area contributed by atoms with Crippen LogP contribution in [0.1, 0.15) is 0 Å². The molecule has 0 fully saturated rings. The number of aromatic nitrogens is 3. The highest BCUT2D eigenvalue weighted by atomic mass is 15.1. The summed E-state index contributed by atoms with van der Waals surface area (Å²) >= 11 is 0. The molecule has 0 spiro atoms. The fraction of sp³-hybridized carbons (Fsp3) is 0. The number of benzene rings is 4. The van der Waals surface area contributed by atoms with Gasteiger partial charge in [-0.05, 0) is 36.4 Å². The van der Waals surface area contributed by atoms with Crippen molar-refractivity contribution < 1.29 is 0 Å². The first-order valence-corrected chi connectivity index (χ1v) is 9.42. The van der Waals surface area contributed by atoms with E-state index in [-0.39, 0.29) is 0 Å². The first kappa shape index (κ1) is 15.2. The minimum Gasteiger partial charge on any atom is -0.307 e. The first-order chi connectivity index (χ1) is 13.9. The van der Waals surface area contributed by atoms with E-state index in [1.54, 1.807) is 0 Å². The predicted octanol–water partition coefficient (Wildman–Crippen LogP) is 6.12. The summed E-state index contributed by atoms with van der Waals surface area (Å²) in [5, 5.41) is 2.53. The Kier molecular flexibility index (Phi) is 3.17. The van der Waals surface area contributed by atoms with E-state index >= 15 is 0 Å². The molecule has 6 rings (SSSR count). The highest BCUT2D eigenvalue weighted by molar-refractivity contribution is 6.09. The minimum atomic E-state index is 1.000. The number of nitrogens with zero attached hydrogens (tertiary/aromatic N) is 3. The Balaban J connectivity index is 1.74. The third kappa shape index (κ3) is 2.07. The Labute approximate surface area is 162 Å². The summed E-state index contributed by atoms with van der Waals surface area (Å²) in [5.41, 5.74) is 6.78. The van der Waals surface area contributed by atoms with E-state index in [0.717, 1.165) is 22.4 Å². The number of rotatable bonds is 2. The van der Waals surface area contributed by atoms with Gasteiger partial charge in [0, 0.05) is 10.8 Å². The summed E-state index contributed by atoms with van der Waals surface area (Å²) in [6.45, 7) is 0. The van der Waals surface area contributed by atoms with Crippen LogP contribution in [0.3, 0.4) is 0 Å². The molecule has 6 aromatic rings. The van der Waals surface area contributed by atoms with Gasteiger partial charge in [0.2, 0.25) is 0 Å². The summed E-state index contributed by atoms with van der Waals surface area (Å²) in [5.74, 6) is 0. The molecule has 0 saturated heterocycles. The lowest BCUT2D eigenvalue weighted by Crippen LogP contribution is -2.02. The molecule has 0 aliphatic carbocycles. The topological polar surface area (TPSA) is 22.8 Å². The van der Waals surface area contributed by atoms with Crippen molar-refractivity contribution in [3.63, 3.8) is 0 Å². The fourth-order valence-corrected chi connectivity index (χ4v) is 4.19. The maximum atomic E-state index is 4.60. The van der Waals surface area contributed by atoms with E-state index in [4.69, 9.17) is 0 Å². The van der Waals surface area contributed by atoms with E-state index < -0.39 is 0 Å². The van der Waals surface area contributed by atoms with Crippen molar-refractivity contribution in [2.24, 2.45) is 0 Å². The molecule has 0 bridgehead atoms. The standard InChI is InChI=1S/C25H17N3/c1-4-12-21-18(9-1)19-10-2-5-13-22(19)28(21)25-16-8-7-15-24(25)27-17-26-20-11-3-6-14-23(20)27/h1-17H. The highest BCUT2D eigenvalue weighted by Crippen LogP contribution is 2.34. The normalized spacial score (nSPS) is 11.6. The molecule has 2 aromatic heterocycles. The van der Waals surface area contributed by atoms with Gasteiger partial charge in [-0.2, -0.15) is 0 Å². The van der Waals surface area contributed by atoms with Crippen LogP contribution in [0.2, 0.25) is 0 Å². The molecule has 0 saturated carbocycles. The third-order valence-electron chi connectivity index (χ3n) is 5.42. The van der Waals surface area contributed by atoms with Crippen LogP contribution in [-0.2, 0) is 0 Å². The molecule has 0 unspecified atom stereocenters. The minimum absolute atomic E-state index is 1.000. The summed E-state index contributed by atoms with van der Waals surface area (Å²) in [4.78, 5) is 4.60. The van der Waals surface area contributed by atoms with Crippen molar-refractivity contribution in [3.05, 3.63) is 103 Å². The van der Waals surface area contributed by atoms with Gasteiger partial charge in [0.15, 0.2) is 0 Å². The molecule has 0 atom stereocenters. The van der Waals surface area contributed by atoms with Crippen molar-refractivity contribution in [2.75, 3.05) is 0 Å². The molecule has 28 heavy (non-hydrogen) atoms. The zero-order valence-corrected chi connectivity index (χ0v) is 15.2. The molecular weight excluding hydrogens is 342 g/mol. The quantitative estimate of drug-likeness (QED) is 0.365. The highest BCUT2D eigenvalue weighted by Gasteiger charge is 2.15. The van der Waals surface area contributed by atoms with Crippen LogP contribution in [0, 0.1) is 0 Å². The molecule has 0 N–H and O–H groups in total. The fourth-order valence-electron chi connectivity index (χ4n) is 4.19. The van der Waals surface area contributed by atoms with Crippen molar-refractivity contribution >= 4 is 32.8 Å². The number of hydrogen-bond donors (Lipinski definition) is 0. The number of fused-ring (bicyclic) bond motifs is 4. The van der Waals surface area contributed by atoms with Crippen LogP contribution in [-0.4, -0.2) is 14.1 Å². The molecule has 0 amide bonds. The van der Waals surface area contributed by atoms with Crippen LogP contribution in [0.5, 0.6) is 0 Å². The monoisotopic (exact) mass is 359 g/mol. The summed E-state index contributed by atoms with van der Waals surface area (Å²) in [7, 11) is 0. The lowest BCUT2D eigenvalue weighted by molar-refractivity contribution is 1.05. The van der Waals surface area contributed by atoms with Crippen molar-refractivity contribution in [1.29, 1.82) is 0 Å². The average Bonchev–Trinajstić information content (AvgIpc) is 3.33. The Morgan fingerprint density at radius 3 is 1.75 bits per heavy atom. The Hall–Kier alpha value is -3.85. The van der Waals surface area contributed by atoms with Crippen LogP contribution >= 0.6 is 0 Å². The van der Waals surface area contributed by atoms with Gasteiger partial charge in [-0.15, -0.1) is 0 Å². The molecule has 0 aliphatic heterocycles. The number of para-hydroxylation sites is 6. The summed E-state index contributed by atoms with van der Waals surface area (Å²) in [6, 6.07) is 34.0. The molecule has 0 aliphatic rings. The van der Waals surface area contributed by atoms with E-state index in [2.05, 4.69) is 105 Å². The maximum absolute atomic E-state index is 4.60. The van der Waals surface area contributed by atoms with E-state index in [1.165, 1.54) is 21.8 Å². The second-order valence-electron chi connectivity index (χ2n) is 6.96. The summed E-state index contributed by atoms with van der Waals surface area (Å²) in [6.07, 6.45) is 1.91. The van der Waals surface area contributed by atoms with Gasteiger partial charge in [-0.25, -0.2) is 4.98 Å². The van der Waals surface area contributed by atoms with Crippen LogP contribution in [0.4, 0.5) is 0 Å². The average molecular weight is 359 g/mol. The Morgan fingerprint density at radius 1 is 0.500 bits per heavy atom. The maximum Gasteiger partial charge on any atom is 0.100 e. The van der Waals surface area contributed by atoms with Crippen LogP contribution in [0.15, 0.2) is 103 Å². The van der Waals surface area contributed by atoms with E-state index in [0.29, 0.717) is 0 Å². The number of hydrogen-bond acceptors (Lipinski definition) is 1. The second-order valence-corrected chi connectivity index (χ2v) is 6.96. The zero-order valence-electron chi connectivity index (χ0n) is 15.2. The van der Waals surface area contributed by atoms with Crippen LogP contribution in [0.25, 0.3) is 44.2 Å². The van der Waals surface area contributed by atoms with Gasteiger partial charge in [-0.3, -0.25) is 4.57 Å². The van der Waals surface area contributed by atoms with Gasteiger partial charge in [0.25, 0.3) is 0 Å². The first-order valence-electron chi connectivity index (χ1n) is 9.42. The van der Waals surface area contributed by atoms with E-state index in [9.17, 15) is 0 Å². The second kappa shape index (κ2) is 5.83. The predicted molar refractivity (Wildman–Crippen MR) is 115 cm³/mol. The molecule has 3 heteroatoms. The van der Waals surface area contributed by atoms with Gasteiger partial charge in [0.05, 0.1) is 33.4 Å². The Morgan fingerprint density at radius 2 is 1.04 bits per heavy atom.